The molecule has 2 aromatic heterocycles. The van der Waals surface area contributed by atoms with Crippen LogP contribution >= 0.6 is 11.6 Å². The molecule has 0 bridgehead atoms. The Kier molecular flexibility index (Phi) is 5.61. The summed E-state index contributed by atoms with van der Waals surface area (Å²) in [5, 5.41) is 6.01. The largest absolute Gasteiger partial charge is 0.573 e. The van der Waals surface area contributed by atoms with E-state index in [1.807, 2.05) is 0 Å². The highest BCUT2D eigenvalue weighted by atomic mass is 35.5. The average molecular weight is 451 g/mol. The van der Waals surface area contributed by atoms with E-state index in [4.69, 9.17) is 11.6 Å². The maximum atomic E-state index is 13.6. The number of hydrogen-bond donors (Lipinski definition) is 1. The number of nitrogens with one attached hydrogen (secondary N) is 1. The van der Waals surface area contributed by atoms with Gasteiger partial charge in [-0.2, -0.15) is 18.3 Å². The maximum Gasteiger partial charge on any atom is 0.573 e. The normalized spacial score (nSPS) is 12.0. The lowest BCUT2D eigenvalue weighted by Gasteiger charge is -2.13. The van der Waals surface area contributed by atoms with Gasteiger partial charge in [0.1, 0.15) is 11.6 Å². The van der Waals surface area contributed by atoms with Crippen molar-refractivity contribution in [3.8, 4) is 11.4 Å². The molecule has 13 heteroatoms. The SMILES string of the molecule is O=C(Nc1ccc(Cl)cn1)c1cnn(-c2ccc(OC(F)(F)F)cc2)c1C(F)(F)F. The number of ether oxygens (including phenoxy) is 1. The molecular formula is C17H9ClF6N4O2. The molecular weight excluding hydrogens is 442 g/mol. The highest BCUT2D eigenvalue weighted by molar-refractivity contribution is 6.30. The summed E-state index contributed by atoms with van der Waals surface area (Å²) in [6.45, 7) is 0. The van der Waals surface area contributed by atoms with E-state index in [-0.39, 0.29) is 16.5 Å². The van der Waals surface area contributed by atoms with E-state index in [0.29, 0.717) is 10.9 Å². The van der Waals surface area contributed by atoms with E-state index in [1.165, 1.54) is 18.3 Å². The van der Waals surface area contributed by atoms with E-state index < -0.39 is 35.5 Å². The maximum absolute atomic E-state index is 13.6. The van der Waals surface area contributed by atoms with Crippen LogP contribution < -0.4 is 10.1 Å². The van der Waals surface area contributed by atoms with Crippen LogP contribution in [0.25, 0.3) is 5.69 Å². The van der Waals surface area contributed by atoms with Crippen LogP contribution in [-0.2, 0) is 6.18 Å². The van der Waals surface area contributed by atoms with Gasteiger partial charge in [-0.3, -0.25) is 4.79 Å². The zero-order valence-corrected chi connectivity index (χ0v) is 15.2. The Morgan fingerprint density at radius 3 is 2.20 bits per heavy atom. The Hall–Kier alpha value is -3.28. The highest BCUT2D eigenvalue weighted by Gasteiger charge is 2.40. The van der Waals surface area contributed by atoms with Crippen LogP contribution in [0.2, 0.25) is 5.02 Å². The van der Waals surface area contributed by atoms with Gasteiger partial charge < -0.3 is 10.1 Å². The number of pyridine rings is 1. The third kappa shape index (κ3) is 5.00. The summed E-state index contributed by atoms with van der Waals surface area (Å²) in [6, 6.07) is 6.18. The van der Waals surface area contributed by atoms with Crippen LogP contribution in [0.3, 0.4) is 0 Å². The van der Waals surface area contributed by atoms with Crippen molar-refractivity contribution in [3.05, 3.63) is 65.1 Å². The number of rotatable bonds is 4. The summed E-state index contributed by atoms with van der Waals surface area (Å²) in [5.74, 6) is -1.81. The number of aromatic nitrogens is 3. The molecule has 2 heterocycles. The lowest BCUT2D eigenvalue weighted by atomic mass is 10.2. The van der Waals surface area contributed by atoms with Crippen molar-refractivity contribution in [2.75, 3.05) is 5.32 Å². The smallest absolute Gasteiger partial charge is 0.406 e. The number of alkyl halides is 6. The standard InChI is InChI=1S/C17H9ClF6N4O2/c18-9-1-6-13(25-7-9)27-15(29)12-8-26-28(14(12)16(19,20)21)10-2-4-11(5-3-10)30-17(22,23)24/h1-8H,(H,25,27,29). The molecule has 0 saturated carbocycles. The second kappa shape index (κ2) is 7.86. The molecule has 0 aliphatic rings. The van der Waals surface area contributed by atoms with Gasteiger partial charge in [-0.15, -0.1) is 13.2 Å². The second-order valence-electron chi connectivity index (χ2n) is 5.67. The lowest BCUT2D eigenvalue weighted by molar-refractivity contribution is -0.274. The lowest BCUT2D eigenvalue weighted by Crippen LogP contribution is -2.21. The number of anilines is 1. The molecule has 0 spiro atoms. The van der Waals surface area contributed by atoms with Gasteiger partial charge in [-0.05, 0) is 36.4 Å². The van der Waals surface area contributed by atoms with Crippen LogP contribution in [0.5, 0.6) is 5.75 Å². The molecule has 0 atom stereocenters. The van der Waals surface area contributed by atoms with Gasteiger partial charge in [0.25, 0.3) is 5.91 Å². The summed E-state index contributed by atoms with van der Waals surface area (Å²) in [5.41, 5.74) is -2.46. The van der Waals surface area contributed by atoms with Gasteiger partial charge in [-0.25, -0.2) is 9.67 Å². The van der Waals surface area contributed by atoms with E-state index in [1.54, 1.807) is 0 Å². The van der Waals surface area contributed by atoms with Crippen molar-refractivity contribution in [2.24, 2.45) is 0 Å². The molecule has 0 saturated heterocycles. The predicted octanol–water partition coefficient (Wildman–Crippen LogP) is 5.09. The number of amides is 1. The Morgan fingerprint density at radius 2 is 1.67 bits per heavy atom. The van der Waals surface area contributed by atoms with E-state index in [0.717, 1.165) is 24.3 Å². The summed E-state index contributed by atoms with van der Waals surface area (Å²) in [4.78, 5) is 16.1. The minimum absolute atomic E-state index is 0.0427. The topological polar surface area (TPSA) is 69.0 Å². The molecule has 0 aliphatic carbocycles. The molecule has 6 nitrogen and oxygen atoms in total. The Balaban J connectivity index is 1.94. The first-order valence-electron chi connectivity index (χ1n) is 7.88. The number of carbonyl (C=O) groups is 1. The first kappa shape index (κ1) is 21.4. The minimum atomic E-state index is -5.00. The highest BCUT2D eigenvalue weighted by Crippen LogP contribution is 2.34. The summed E-state index contributed by atoms with van der Waals surface area (Å²) in [6.07, 6.45) is -8.08. The number of nitrogens with zero attached hydrogens (tertiary/aromatic N) is 3. The monoisotopic (exact) mass is 450 g/mol. The van der Waals surface area contributed by atoms with Crippen molar-refractivity contribution in [1.82, 2.24) is 14.8 Å². The van der Waals surface area contributed by atoms with E-state index in [2.05, 4.69) is 20.1 Å². The fourth-order valence-corrected chi connectivity index (χ4v) is 2.52. The molecule has 0 fully saturated rings. The molecule has 1 aromatic carbocycles. The molecule has 3 rings (SSSR count). The van der Waals surface area contributed by atoms with Gasteiger partial charge in [0.05, 0.1) is 22.5 Å². The zero-order chi connectivity index (χ0) is 22.1. The number of halogens is 7. The Morgan fingerprint density at radius 1 is 1.00 bits per heavy atom. The number of carbonyl (C=O) groups excluding carboxylic acids is 1. The van der Waals surface area contributed by atoms with Gasteiger partial charge in [0.2, 0.25) is 0 Å². The average Bonchev–Trinajstić information content (AvgIpc) is 3.09. The van der Waals surface area contributed by atoms with Crippen molar-refractivity contribution in [2.45, 2.75) is 12.5 Å². The van der Waals surface area contributed by atoms with E-state index in [9.17, 15) is 31.1 Å². The van der Waals surface area contributed by atoms with Crippen molar-refractivity contribution < 1.29 is 35.9 Å². The van der Waals surface area contributed by atoms with Crippen LogP contribution in [0, 0.1) is 0 Å². The van der Waals surface area contributed by atoms with Gasteiger partial charge in [0, 0.05) is 6.20 Å². The van der Waals surface area contributed by atoms with E-state index >= 15 is 0 Å². The molecule has 3 aromatic rings. The third-order valence-corrected chi connectivity index (χ3v) is 3.79. The zero-order valence-electron chi connectivity index (χ0n) is 14.4. The quantitative estimate of drug-likeness (QED) is 0.562. The third-order valence-electron chi connectivity index (χ3n) is 3.57. The van der Waals surface area contributed by atoms with Crippen molar-refractivity contribution in [1.29, 1.82) is 0 Å². The van der Waals surface area contributed by atoms with Crippen molar-refractivity contribution in [3.63, 3.8) is 0 Å². The molecule has 158 valence electrons. The fraction of sp³-hybridized carbons (Fsp3) is 0.118. The molecule has 0 radical (unpaired) electrons. The molecule has 1 N–H and O–H groups in total. The van der Waals surface area contributed by atoms with Crippen molar-refractivity contribution >= 4 is 23.3 Å². The van der Waals surface area contributed by atoms with Crippen LogP contribution in [0.4, 0.5) is 32.2 Å². The van der Waals surface area contributed by atoms with Crippen LogP contribution in [0.15, 0.2) is 48.8 Å². The van der Waals surface area contributed by atoms with Gasteiger partial charge in [-0.1, -0.05) is 11.6 Å². The fourth-order valence-electron chi connectivity index (χ4n) is 2.41. The number of benzene rings is 1. The number of hydrogen-bond acceptors (Lipinski definition) is 4. The van der Waals surface area contributed by atoms with Gasteiger partial charge >= 0.3 is 12.5 Å². The first-order valence-corrected chi connectivity index (χ1v) is 8.26. The van der Waals surface area contributed by atoms with Crippen LogP contribution in [0.1, 0.15) is 16.1 Å². The Bertz CT molecular complexity index is 1050. The van der Waals surface area contributed by atoms with Crippen LogP contribution in [-0.4, -0.2) is 27.0 Å². The first-order chi connectivity index (χ1) is 13.9. The van der Waals surface area contributed by atoms with Gasteiger partial charge in [0.15, 0.2) is 5.69 Å². The summed E-state index contributed by atoms with van der Waals surface area (Å²) >= 11 is 5.66. The summed E-state index contributed by atoms with van der Waals surface area (Å²) < 4.78 is 81.7. The molecule has 0 aliphatic heterocycles. The summed E-state index contributed by atoms with van der Waals surface area (Å²) in [7, 11) is 0. The molecule has 30 heavy (non-hydrogen) atoms. The molecule has 1 amide bonds. The Labute approximate surface area is 169 Å². The predicted molar refractivity (Wildman–Crippen MR) is 92.4 cm³/mol. The minimum Gasteiger partial charge on any atom is -0.406 e. The second-order valence-corrected chi connectivity index (χ2v) is 6.11. The molecule has 0 unspecified atom stereocenters.